The molecule has 0 spiro atoms. The van der Waals surface area contributed by atoms with Gasteiger partial charge in [-0.3, -0.25) is 4.79 Å². The Kier molecular flexibility index (Phi) is 3.73. The van der Waals surface area contributed by atoms with Gasteiger partial charge in [-0.15, -0.1) is 22.9 Å². The van der Waals surface area contributed by atoms with Crippen molar-refractivity contribution in [2.75, 3.05) is 6.61 Å². The van der Waals surface area contributed by atoms with Gasteiger partial charge in [0.25, 0.3) is 0 Å². The Bertz CT molecular complexity index is 659. The van der Waals surface area contributed by atoms with Crippen molar-refractivity contribution in [2.24, 2.45) is 0 Å². The molecule has 0 aliphatic rings. The average molecular weight is 286 g/mol. The minimum atomic E-state index is -0.363. The van der Waals surface area contributed by atoms with Crippen molar-refractivity contribution in [2.45, 2.75) is 19.7 Å². The molecule has 6 heteroatoms. The molecule has 0 aliphatic heterocycles. The number of carbonyl (C=O) groups excluding carboxylic acids is 1. The van der Waals surface area contributed by atoms with Crippen LogP contribution in [-0.2, 0) is 10.6 Å². The van der Waals surface area contributed by atoms with E-state index >= 15 is 0 Å². The number of aromatic amines is 1. The van der Waals surface area contributed by atoms with Gasteiger partial charge < -0.3 is 9.72 Å². The van der Waals surface area contributed by atoms with E-state index in [-0.39, 0.29) is 17.4 Å². The standard InChI is InChI=1S/C12H12ClNO3S/c1-3-17-12(16)10-6(2)9-7(5-13)4-8(15)14-11(9)18-10/h4H,3,5H2,1-2H3,(H,14,15). The van der Waals surface area contributed by atoms with E-state index in [1.165, 1.54) is 17.4 Å². The van der Waals surface area contributed by atoms with Crippen LogP contribution in [0.15, 0.2) is 10.9 Å². The highest BCUT2D eigenvalue weighted by atomic mass is 35.5. The lowest BCUT2D eigenvalue weighted by Crippen LogP contribution is -2.05. The second-order valence-electron chi connectivity index (χ2n) is 3.77. The number of esters is 1. The normalized spacial score (nSPS) is 10.8. The fourth-order valence-corrected chi connectivity index (χ4v) is 3.21. The summed E-state index contributed by atoms with van der Waals surface area (Å²) in [6.45, 7) is 3.91. The Labute approximate surface area is 113 Å². The maximum Gasteiger partial charge on any atom is 0.348 e. The maximum absolute atomic E-state index is 11.8. The molecule has 2 aromatic rings. The minimum Gasteiger partial charge on any atom is -0.462 e. The molecule has 0 radical (unpaired) electrons. The van der Waals surface area contributed by atoms with Crippen LogP contribution >= 0.6 is 22.9 Å². The first-order valence-corrected chi connectivity index (χ1v) is 6.82. The summed E-state index contributed by atoms with van der Waals surface area (Å²) in [4.78, 5) is 27.1. The zero-order valence-electron chi connectivity index (χ0n) is 10.0. The lowest BCUT2D eigenvalue weighted by atomic mass is 10.1. The molecule has 96 valence electrons. The van der Waals surface area contributed by atoms with E-state index in [0.717, 1.165) is 16.5 Å². The molecule has 0 saturated carbocycles. The zero-order chi connectivity index (χ0) is 13.3. The topological polar surface area (TPSA) is 59.2 Å². The summed E-state index contributed by atoms with van der Waals surface area (Å²) in [6.07, 6.45) is 0. The molecule has 0 bridgehead atoms. The summed E-state index contributed by atoms with van der Waals surface area (Å²) in [5.41, 5.74) is 1.33. The molecule has 2 aromatic heterocycles. The van der Waals surface area contributed by atoms with Crippen molar-refractivity contribution in [1.82, 2.24) is 4.98 Å². The zero-order valence-corrected chi connectivity index (χ0v) is 11.6. The van der Waals surface area contributed by atoms with Crippen LogP contribution < -0.4 is 5.56 Å². The lowest BCUT2D eigenvalue weighted by molar-refractivity contribution is 0.0531. The summed E-state index contributed by atoms with van der Waals surface area (Å²) in [7, 11) is 0. The van der Waals surface area contributed by atoms with Gasteiger partial charge in [-0.05, 0) is 25.0 Å². The Morgan fingerprint density at radius 3 is 2.89 bits per heavy atom. The molecule has 0 aliphatic carbocycles. The predicted octanol–water partition coefficient (Wildman–Crippen LogP) is 2.81. The average Bonchev–Trinajstić information content (AvgIpc) is 2.66. The van der Waals surface area contributed by atoms with Gasteiger partial charge in [0.05, 0.1) is 6.61 Å². The van der Waals surface area contributed by atoms with Crippen molar-refractivity contribution in [3.8, 4) is 0 Å². The fraction of sp³-hybridized carbons (Fsp3) is 0.333. The van der Waals surface area contributed by atoms with Crippen LogP contribution in [0.4, 0.5) is 0 Å². The highest BCUT2D eigenvalue weighted by Crippen LogP contribution is 2.32. The molecular weight excluding hydrogens is 274 g/mol. The van der Waals surface area contributed by atoms with E-state index in [4.69, 9.17) is 16.3 Å². The molecule has 0 fully saturated rings. The van der Waals surface area contributed by atoms with Gasteiger partial charge in [-0.2, -0.15) is 0 Å². The predicted molar refractivity (Wildman–Crippen MR) is 72.7 cm³/mol. The van der Waals surface area contributed by atoms with E-state index < -0.39 is 0 Å². The molecule has 0 unspecified atom stereocenters. The largest absolute Gasteiger partial charge is 0.462 e. The second kappa shape index (κ2) is 5.12. The molecule has 0 aromatic carbocycles. The number of halogens is 1. The van der Waals surface area contributed by atoms with E-state index in [1.807, 2.05) is 6.92 Å². The number of hydrogen-bond donors (Lipinski definition) is 1. The van der Waals surface area contributed by atoms with Crippen molar-refractivity contribution < 1.29 is 9.53 Å². The van der Waals surface area contributed by atoms with Gasteiger partial charge in [-0.1, -0.05) is 0 Å². The van der Waals surface area contributed by atoms with Gasteiger partial charge in [0.1, 0.15) is 9.71 Å². The van der Waals surface area contributed by atoms with Crippen LogP contribution in [-0.4, -0.2) is 17.6 Å². The third-order valence-electron chi connectivity index (χ3n) is 2.61. The number of alkyl halides is 1. The van der Waals surface area contributed by atoms with Crippen LogP contribution in [0, 0.1) is 6.92 Å². The highest BCUT2D eigenvalue weighted by molar-refractivity contribution is 7.20. The maximum atomic E-state index is 11.8. The highest BCUT2D eigenvalue weighted by Gasteiger charge is 2.19. The van der Waals surface area contributed by atoms with E-state index in [2.05, 4.69) is 4.98 Å². The van der Waals surface area contributed by atoms with Gasteiger partial charge in [0.15, 0.2) is 0 Å². The number of ether oxygens (including phenoxy) is 1. The number of rotatable bonds is 3. The van der Waals surface area contributed by atoms with Crippen molar-refractivity contribution in [3.05, 3.63) is 32.4 Å². The van der Waals surface area contributed by atoms with Crippen LogP contribution in [0.5, 0.6) is 0 Å². The summed E-state index contributed by atoms with van der Waals surface area (Å²) in [6, 6.07) is 1.46. The molecule has 1 N–H and O–H groups in total. The SMILES string of the molecule is CCOC(=O)c1sc2[nH]c(=O)cc(CCl)c2c1C. The molecule has 0 saturated heterocycles. The molecule has 2 heterocycles. The molecule has 2 rings (SSSR count). The number of fused-ring (bicyclic) bond motifs is 1. The van der Waals surface area contributed by atoms with E-state index in [0.29, 0.717) is 16.3 Å². The summed E-state index contributed by atoms with van der Waals surface area (Å²) in [5.74, 6) is -0.127. The van der Waals surface area contributed by atoms with Gasteiger partial charge in [0.2, 0.25) is 5.56 Å². The number of nitrogens with one attached hydrogen (secondary N) is 1. The lowest BCUT2D eigenvalue weighted by Gasteiger charge is -2.01. The first-order valence-electron chi connectivity index (χ1n) is 5.46. The van der Waals surface area contributed by atoms with Gasteiger partial charge in [0, 0.05) is 17.3 Å². The third kappa shape index (κ3) is 2.15. The Balaban J connectivity index is 2.70. The second-order valence-corrected chi connectivity index (χ2v) is 5.06. The number of carbonyl (C=O) groups is 1. The van der Waals surface area contributed by atoms with Crippen molar-refractivity contribution in [3.63, 3.8) is 0 Å². The minimum absolute atomic E-state index is 0.213. The van der Waals surface area contributed by atoms with Crippen molar-refractivity contribution in [1.29, 1.82) is 0 Å². The fourth-order valence-electron chi connectivity index (χ4n) is 1.86. The first-order chi connectivity index (χ1) is 8.58. The van der Waals surface area contributed by atoms with E-state index in [9.17, 15) is 9.59 Å². The Hall–Kier alpha value is -1.33. The summed E-state index contributed by atoms with van der Waals surface area (Å²) >= 11 is 7.06. The van der Waals surface area contributed by atoms with Gasteiger partial charge in [-0.25, -0.2) is 4.79 Å². The van der Waals surface area contributed by atoms with Crippen molar-refractivity contribution >= 4 is 39.1 Å². The molecular formula is C12H12ClNO3S. The number of hydrogen-bond acceptors (Lipinski definition) is 4. The van der Waals surface area contributed by atoms with Crippen LogP contribution in [0.25, 0.3) is 10.2 Å². The first kappa shape index (κ1) is 13.1. The number of pyridine rings is 1. The molecule has 4 nitrogen and oxygen atoms in total. The quantitative estimate of drug-likeness (QED) is 0.697. The number of H-pyrrole nitrogens is 1. The number of aromatic nitrogens is 1. The number of aryl methyl sites for hydroxylation is 1. The van der Waals surface area contributed by atoms with Crippen LogP contribution in [0.1, 0.15) is 27.7 Å². The summed E-state index contributed by atoms with van der Waals surface area (Å²) in [5, 5.41) is 0.845. The van der Waals surface area contributed by atoms with E-state index in [1.54, 1.807) is 6.92 Å². The Morgan fingerprint density at radius 2 is 2.28 bits per heavy atom. The smallest absolute Gasteiger partial charge is 0.348 e. The van der Waals surface area contributed by atoms with Crippen LogP contribution in [0.2, 0.25) is 0 Å². The third-order valence-corrected chi connectivity index (χ3v) is 4.09. The molecule has 18 heavy (non-hydrogen) atoms. The number of thiophene rings is 1. The molecule has 0 atom stereocenters. The van der Waals surface area contributed by atoms with Crippen LogP contribution in [0.3, 0.4) is 0 Å². The molecule has 0 amide bonds. The van der Waals surface area contributed by atoms with Gasteiger partial charge >= 0.3 is 5.97 Å². The summed E-state index contributed by atoms with van der Waals surface area (Å²) < 4.78 is 4.99. The monoisotopic (exact) mass is 285 g/mol. The Morgan fingerprint density at radius 1 is 1.56 bits per heavy atom.